The lowest BCUT2D eigenvalue weighted by molar-refractivity contribution is -0.135. The Morgan fingerprint density at radius 3 is 2.61 bits per heavy atom. The fourth-order valence-electron chi connectivity index (χ4n) is 4.63. The summed E-state index contributed by atoms with van der Waals surface area (Å²) >= 11 is 0. The normalized spacial score (nSPS) is 21.6. The van der Waals surface area contributed by atoms with Crippen LogP contribution >= 0.6 is 0 Å². The van der Waals surface area contributed by atoms with Crippen molar-refractivity contribution in [2.24, 2.45) is 5.92 Å². The molecule has 3 saturated heterocycles. The Morgan fingerprint density at radius 1 is 1.11 bits per heavy atom. The summed E-state index contributed by atoms with van der Waals surface area (Å²) in [5, 5.41) is 7.22. The summed E-state index contributed by atoms with van der Waals surface area (Å²) in [5.74, 6) is 0.646. The van der Waals surface area contributed by atoms with Gasteiger partial charge in [-0.2, -0.15) is 5.10 Å². The number of hydrogen-bond donors (Lipinski definition) is 1. The SMILES string of the molecule is Cc1n[nH]c(C)c1CCC(=O)N1C[C@H]2CC[C@@H]1CN(C(=O)c1ccccc1)C2. The lowest BCUT2D eigenvalue weighted by Gasteiger charge is -2.36. The molecule has 148 valence electrons. The fourth-order valence-corrected chi connectivity index (χ4v) is 4.63. The number of aromatic amines is 1. The molecular weight excluding hydrogens is 352 g/mol. The first-order chi connectivity index (χ1) is 13.5. The molecule has 0 aliphatic carbocycles. The average molecular weight is 380 g/mol. The van der Waals surface area contributed by atoms with E-state index >= 15 is 0 Å². The molecule has 3 aliphatic rings. The second kappa shape index (κ2) is 7.78. The number of nitrogens with one attached hydrogen (secondary N) is 1. The van der Waals surface area contributed by atoms with E-state index in [2.05, 4.69) is 10.2 Å². The van der Waals surface area contributed by atoms with Gasteiger partial charge in [0, 0.05) is 43.4 Å². The Bertz CT molecular complexity index is 841. The minimum atomic E-state index is 0.0800. The first-order valence-electron chi connectivity index (χ1n) is 10.2. The number of carbonyl (C=O) groups excluding carboxylic acids is 2. The van der Waals surface area contributed by atoms with Crippen LogP contribution in [0.5, 0.6) is 0 Å². The van der Waals surface area contributed by atoms with Gasteiger partial charge in [-0.25, -0.2) is 0 Å². The number of aryl methyl sites for hydroxylation is 2. The zero-order valence-corrected chi connectivity index (χ0v) is 16.6. The molecular formula is C22H28N4O2. The molecule has 2 aromatic rings. The van der Waals surface area contributed by atoms with E-state index in [1.807, 2.05) is 54.0 Å². The maximum Gasteiger partial charge on any atom is 0.253 e. The number of benzene rings is 1. The van der Waals surface area contributed by atoms with Crippen LogP contribution in [0.25, 0.3) is 0 Å². The predicted molar refractivity (Wildman–Crippen MR) is 107 cm³/mol. The van der Waals surface area contributed by atoms with Crippen molar-refractivity contribution in [1.29, 1.82) is 0 Å². The lowest BCUT2D eigenvalue weighted by Crippen LogP contribution is -2.47. The Hall–Kier alpha value is -2.63. The van der Waals surface area contributed by atoms with Crippen LogP contribution in [0.4, 0.5) is 0 Å². The second-order valence-corrected chi connectivity index (χ2v) is 8.13. The summed E-state index contributed by atoms with van der Waals surface area (Å²) in [6.45, 7) is 6.13. The lowest BCUT2D eigenvalue weighted by atomic mass is 9.94. The van der Waals surface area contributed by atoms with Crippen LogP contribution in [-0.2, 0) is 11.2 Å². The quantitative estimate of drug-likeness (QED) is 0.887. The molecule has 3 aliphatic heterocycles. The van der Waals surface area contributed by atoms with Crippen LogP contribution in [0, 0.1) is 19.8 Å². The minimum absolute atomic E-state index is 0.0800. The third kappa shape index (κ3) is 3.68. The summed E-state index contributed by atoms with van der Waals surface area (Å²) in [4.78, 5) is 29.9. The molecule has 1 aromatic carbocycles. The van der Waals surface area contributed by atoms with Crippen LogP contribution in [0.3, 0.4) is 0 Å². The van der Waals surface area contributed by atoms with Gasteiger partial charge in [0.25, 0.3) is 5.91 Å². The number of hydrogen-bond acceptors (Lipinski definition) is 3. The van der Waals surface area contributed by atoms with Gasteiger partial charge in [-0.1, -0.05) is 18.2 Å². The van der Waals surface area contributed by atoms with E-state index < -0.39 is 0 Å². The van der Waals surface area contributed by atoms with Crippen LogP contribution in [0.1, 0.15) is 46.6 Å². The number of amides is 2. The monoisotopic (exact) mass is 380 g/mol. The van der Waals surface area contributed by atoms with Crippen molar-refractivity contribution in [2.75, 3.05) is 19.6 Å². The number of fused-ring (bicyclic) bond motifs is 4. The third-order valence-corrected chi connectivity index (χ3v) is 6.21. The molecule has 5 rings (SSSR count). The molecule has 4 heterocycles. The van der Waals surface area contributed by atoms with Gasteiger partial charge >= 0.3 is 0 Å². The first kappa shape index (κ1) is 18.7. The summed E-state index contributed by atoms with van der Waals surface area (Å²) in [7, 11) is 0. The van der Waals surface area contributed by atoms with Gasteiger partial charge in [-0.15, -0.1) is 0 Å². The van der Waals surface area contributed by atoms with Gasteiger partial charge in [0.2, 0.25) is 5.91 Å². The van der Waals surface area contributed by atoms with Crippen LogP contribution in [0.15, 0.2) is 30.3 Å². The molecule has 2 bridgehead atoms. The molecule has 1 aromatic heterocycles. The molecule has 28 heavy (non-hydrogen) atoms. The van der Waals surface area contributed by atoms with Gasteiger partial charge in [-0.3, -0.25) is 14.7 Å². The number of rotatable bonds is 4. The smallest absolute Gasteiger partial charge is 0.253 e. The molecule has 6 nitrogen and oxygen atoms in total. The van der Waals surface area contributed by atoms with Gasteiger partial charge in [0.05, 0.1) is 5.69 Å². The minimum Gasteiger partial charge on any atom is -0.338 e. The van der Waals surface area contributed by atoms with Crippen molar-refractivity contribution in [3.8, 4) is 0 Å². The molecule has 0 radical (unpaired) electrons. The third-order valence-electron chi connectivity index (χ3n) is 6.21. The van der Waals surface area contributed by atoms with E-state index in [-0.39, 0.29) is 17.9 Å². The van der Waals surface area contributed by atoms with Crippen molar-refractivity contribution in [3.05, 3.63) is 52.8 Å². The molecule has 3 fully saturated rings. The highest BCUT2D eigenvalue weighted by atomic mass is 16.2. The van der Waals surface area contributed by atoms with Gasteiger partial charge < -0.3 is 9.80 Å². The molecule has 2 atom stereocenters. The molecule has 0 saturated carbocycles. The highest BCUT2D eigenvalue weighted by molar-refractivity contribution is 5.94. The predicted octanol–water partition coefficient (Wildman–Crippen LogP) is 2.72. The van der Waals surface area contributed by atoms with Crippen molar-refractivity contribution in [1.82, 2.24) is 20.0 Å². The number of aromatic nitrogens is 2. The van der Waals surface area contributed by atoms with Crippen molar-refractivity contribution in [2.45, 2.75) is 45.6 Å². The number of nitrogens with zero attached hydrogens (tertiary/aromatic N) is 3. The van der Waals surface area contributed by atoms with Crippen LogP contribution in [-0.4, -0.2) is 57.5 Å². The average Bonchev–Trinajstić information content (AvgIpc) is 2.90. The maximum absolute atomic E-state index is 13.0. The Kier molecular flexibility index (Phi) is 5.20. The van der Waals surface area contributed by atoms with Crippen molar-refractivity contribution >= 4 is 11.8 Å². The van der Waals surface area contributed by atoms with Gasteiger partial charge in [0.1, 0.15) is 0 Å². The zero-order valence-electron chi connectivity index (χ0n) is 16.6. The Morgan fingerprint density at radius 2 is 1.89 bits per heavy atom. The topological polar surface area (TPSA) is 69.3 Å². The van der Waals surface area contributed by atoms with E-state index in [1.165, 1.54) is 0 Å². The number of H-pyrrole nitrogens is 1. The molecule has 0 unspecified atom stereocenters. The number of piperidine rings is 1. The van der Waals surface area contributed by atoms with Crippen LogP contribution in [0.2, 0.25) is 0 Å². The maximum atomic E-state index is 13.0. The Labute approximate surface area is 165 Å². The largest absolute Gasteiger partial charge is 0.338 e. The molecule has 6 heteroatoms. The van der Waals surface area contributed by atoms with Gasteiger partial charge in [-0.05, 0) is 56.7 Å². The first-order valence-corrected chi connectivity index (χ1v) is 10.2. The van der Waals surface area contributed by atoms with Crippen molar-refractivity contribution in [3.63, 3.8) is 0 Å². The zero-order chi connectivity index (χ0) is 19.7. The Balaban J connectivity index is 1.43. The van der Waals surface area contributed by atoms with Crippen LogP contribution < -0.4 is 0 Å². The summed E-state index contributed by atoms with van der Waals surface area (Å²) in [6, 6.07) is 9.59. The summed E-state index contributed by atoms with van der Waals surface area (Å²) < 4.78 is 0. The summed E-state index contributed by atoms with van der Waals surface area (Å²) in [6.07, 6.45) is 3.29. The van der Waals surface area contributed by atoms with E-state index in [9.17, 15) is 9.59 Å². The van der Waals surface area contributed by atoms with Gasteiger partial charge in [0.15, 0.2) is 0 Å². The number of carbonyl (C=O) groups is 2. The highest BCUT2D eigenvalue weighted by Crippen LogP contribution is 2.29. The molecule has 2 amide bonds. The van der Waals surface area contributed by atoms with E-state index in [4.69, 9.17) is 0 Å². The highest BCUT2D eigenvalue weighted by Gasteiger charge is 2.38. The van der Waals surface area contributed by atoms with E-state index in [1.54, 1.807) is 0 Å². The fraction of sp³-hybridized carbons (Fsp3) is 0.500. The second-order valence-electron chi connectivity index (χ2n) is 8.13. The van der Waals surface area contributed by atoms with E-state index in [0.717, 1.165) is 48.4 Å². The standard InChI is InChI=1S/C22H28N4O2/c1-15-20(16(2)24-23-15)10-11-21(27)26-13-17-8-9-19(26)14-25(12-17)22(28)18-6-4-3-5-7-18/h3-7,17,19H,8-14H2,1-2H3,(H,23,24)/t17-,19+/m0/s1. The van der Waals surface area contributed by atoms with E-state index in [0.29, 0.717) is 25.3 Å². The molecule has 1 N–H and O–H groups in total. The molecule has 0 spiro atoms. The van der Waals surface area contributed by atoms with Crippen molar-refractivity contribution < 1.29 is 9.59 Å². The summed E-state index contributed by atoms with van der Waals surface area (Å²) in [5.41, 5.74) is 3.89.